The first-order valence-corrected chi connectivity index (χ1v) is 15.7. The molecule has 0 radical (unpaired) electrons. The number of fused-ring (bicyclic) bond motifs is 1. The number of carboxylic acids is 1. The second kappa shape index (κ2) is 10.6. The van der Waals surface area contributed by atoms with Crippen molar-refractivity contribution < 1.29 is 23.1 Å². The number of nitrogens with one attached hydrogen (secondary N) is 2. The van der Waals surface area contributed by atoms with Crippen molar-refractivity contribution in [2.45, 2.75) is 82.3 Å². The number of aliphatic carboxylic acids is 1. The van der Waals surface area contributed by atoms with E-state index in [0.717, 1.165) is 40.8 Å². The Labute approximate surface area is 232 Å². The first kappa shape index (κ1) is 27.7. The molecule has 2 fully saturated rings. The van der Waals surface area contributed by atoms with Gasteiger partial charge in [-0.15, -0.1) is 11.3 Å². The Morgan fingerprint density at radius 3 is 2.46 bits per heavy atom. The van der Waals surface area contributed by atoms with Crippen molar-refractivity contribution in [3.05, 3.63) is 41.2 Å². The number of hydrogen-bond acceptors (Lipinski definition) is 7. The molecular weight excluding hydrogens is 536 g/mol. The monoisotopic (exact) mass is 570 g/mol. The Hall–Kier alpha value is -2.89. The van der Waals surface area contributed by atoms with E-state index in [9.17, 15) is 18.0 Å². The molecule has 0 aliphatic heterocycles. The fourth-order valence-corrected chi connectivity index (χ4v) is 7.65. The van der Waals surface area contributed by atoms with Crippen molar-refractivity contribution in [3.8, 4) is 10.4 Å². The zero-order valence-electron chi connectivity index (χ0n) is 22.4. The average Bonchev–Trinajstić information content (AvgIpc) is 3.25. The van der Waals surface area contributed by atoms with Crippen LogP contribution in [0.3, 0.4) is 0 Å². The van der Waals surface area contributed by atoms with Crippen molar-refractivity contribution in [1.82, 2.24) is 20.0 Å². The standard InChI is InChI=1S/C28H34N4O5S2/c1-4-28(2,3)32-39(36,37)26-20-11-6-5-10-19(20)21(15-29-26)23-22(12-16-8-7-9-16)31-25(38-23)24(33)30-18-13-17(14-18)27(34)35/h5-6,10-11,15-18,32H,4,7-9,12-14H2,1-3H3,(H,30,33)(H,34,35)/t17-,18-. The Balaban J connectivity index is 1.52. The minimum absolute atomic E-state index is 0.0237. The number of hydrogen-bond donors (Lipinski definition) is 3. The van der Waals surface area contributed by atoms with Gasteiger partial charge in [-0.05, 0) is 50.8 Å². The van der Waals surface area contributed by atoms with E-state index in [4.69, 9.17) is 10.1 Å². The van der Waals surface area contributed by atoms with Crippen LogP contribution in [-0.2, 0) is 21.2 Å². The van der Waals surface area contributed by atoms with E-state index >= 15 is 0 Å². The molecule has 2 aromatic heterocycles. The highest BCUT2D eigenvalue weighted by Crippen LogP contribution is 2.40. The van der Waals surface area contributed by atoms with Gasteiger partial charge in [0, 0.05) is 28.7 Å². The van der Waals surface area contributed by atoms with Gasteiger partial charge in [0.2, 0.25) is 0 Å². The second-order valence-electron chi connectivity index (χ2n) is 11.3. The van der Waals surface area contributed by atoms with Crippen LogP contribution in [0.5, 0.6) is 0 Å². The average molecular weight is 571 g/mol. The van der Waals surface area contributed by atoms with Crippen molar-refractivity contribution in [2.24, 2.45) is 11.8 Å². The van der Waals surface area contributed by atoms with E-state index < -0.39 is 27.4 Å². The molecule has 3 aromatic rings. The largest absolute Gasteiger partial charge is 0.481 e. The molecule has 2 saturated carbocycles. The Morgan fingerprint density at radius 1 is 1.15 bits per heavy atom. The molecule has 1 aromatic carbocycles. The van der Waals surface area contributed by atoms with E-state index in [1.165, 1.54) is 17.8 Å². The summed E-state index contributed by atoms with van der Waals surface area (Å²) >= 11 is 1.28. The maximum Gasteiger partial charge on any atom is 0.306 e. The SMILES string of the molecule is CCC(C)(C)NS(=O)(=O)c1ncc(-c2sc(C(=O)N[C@H]3C[C@H](C(=O)O)C3)nc2CC2CCC2)c2ccccc12. The van der Waals surface area contributed by atoms with Crippen LogP contribution in [0.4, 0.5) is 0 Å². The minimum Gasteiger partial charge on any atom is -0.481 e. The Kier molecular flexibility index (Phi) is 7.51. The molecule has 3 N–H and O–H groups in total. The van der Waals surface area contributed by atoms with E-state index in [1.54, 1.807) is 18.3 Å². The Morgan fingerprint density at radius 2 is 1.85 bits per heavy atom. The van der Waals surface area contributed by atoms with E-state index in [0.29, 0.717) is 35.6 Å². The van der Waals surface area contributed by atoms with Gasteiger partial charge in [-0.1, -0.05) is 50.5 Å². The fraction of sp³-hybridized carbons (Fsp3) is 0.500. The number of amides is 1. The van der Waals surface area contributed by atoms with Gasteiger partial charge in [-0.25, -0.2) is 23.1 Å². The molecule has 0 atom stereocenters. The van der Waals surface area contributed by atoms with Gasteiger partial charge in [-0.2, -0.15) is 0 Å². The van der Waals surface area contributed by atoms with Crippen molar-refractivity contribution in [1.29, 1.82) is 0 Å². The molecule has 0 bridgehead atoms. The van der Waals surface area contributed by atoms with Gasteiger partial charge in [0.25, 0.3) is 15.9 Å². The molecular formula is C28H34N4O5S2. The van der Waals surface area contributed by atoms with Crippen LogP contribution < -0.4 is 10.0 Å². The molecule has 1 amide bonds. The molecule has 2 heterocycles. The first-order chi connectivity index (χ1) is 18.5. The number of carboxylic acid groups (broad SMARTS) is 1. The Bertz CT molecular complexity index is 1520. The first-order valence-electron chi connectivity index (χ1n) is 13.4. The summed E-state index contributed by atoms with van der Waals surface area (Å²) in [7, 11) is -3.89. The number of carbonyl (C=O) groups excluding carboxylic acids is 1. The fourth-order valence-electron chi connectivity index (χ4n) is 5.00. The second-order valence-corrected chi connectivity index (χ2v) is 13.9. The van der Waals surface area contributed by atoms with Crippen LogP contribution in [0.15, 0.2) is 35.5 Å². The van der Waals surface area contributed by atoms with E-state index in [1.807, 2.05) is 32.9 Å². The van der Waals surface area contributed by atoms with E-state index in [-0.39, 0.29) is 17.0 Å². The van der Waals surface area contributed by atoms with Gasteiger partial charge in [0.05, 0.1) is 16.5 Å². The number of nitrogens with zero attached hydrogens (tertiary/aromatic N) is 2. The summed E-state index contributed by atoms with van der Waals surface area (Å²) in [5, 5.41) is 13.6. The number of pyridine rings is 1. The lowest BCUT2D eigenvalue weighted by atomic mass is 9.80. The summed E-state index contributed by atoms with van der Waals surface area (Å²) in [6.45, 7) is 5.60. The van der Waals surface area contributed by atoms with Crippen molar-refractivity contribution in [2.75, 3.05) is 0 Å². The number of carbonyl (C=O) groups is 2. The van der Waals surface area contributed by atoms with Gasteiger partial charge in [-0.3, -0.25) is 9.59 Å². The van der Waals surface area contributed by atoms with Crippen molar-refractivity contribution >= 4 is 44.0 Å². The molecule has 9 nitrogen and oxygen atoms in total. The molecule has 0 spiro atoms. The highest BCUT2D eigenvalue weighted by atomic mass is 32.2. The molecule has 39 heavy (non-hydrogen) atoms. The van der Waals surface area contributed by atoms with Gasteiger partial charge >= 0.3 is 5.97 Å². The lowest BCUT2D eigenvalue weighted by Gasteiger charge is -2.32. The van der Waals surface area contributed by atoms with Gasteiger partial charge in [0.1, 0.15) is 0 Å². The number of aromatic nitrogens is 2. The van der Waals surface area contributed by atoms with E-state index in [2.05, 4.69) is 15.0 Å². The van der Waals surface area contributed by atoms with Gasteiger partial charge < -0.3 is 10.4 Å². The number of rotatable bonds is 10. The normalized spacial score (nSPS) is 19.9. The summed E-state index contributed by atoms with van der Waals surface area (Å²) < 4.78 is 29.5. The maximum atomic E-state index is 13.3. The van der Waals surface area contributed by atoms with Crippen molar-refractivity contribution in [3.63, 3.8) is 0 Å². The molecule has 0 saturated heterocycles. The predicted molar refractivity (Wildman–Crippen MR) is 150 cm³/mol. The lowest BCUT2D eigenvalue weighted by Crippen LogP contribution is -2.46. The highest BCUT2D eigenvalue weighted by molar-refractivity contribution is 7.89. The maximum absolute atomic E-state index is 13.3. The van der Waals surface area contributed by atoms with Gasteiger partial charge in [0.15, 0.2) is 10.0 Å². The molecule has 0 unspecified atom stereocenters. The summed E-state index contributed by atoms with van der Waals surface area (Å²) in [5.74, 6) is -1.06. The van der Waals surface area contributed by atoms with Crippen LogP contribution in [-0.4, -0.2) is 46.9 Å². The van der Waals surface area contributed by atoms with Crippen LogP contribution >= 0.6 is 11.3 Å². The third kappa shape index (κ3) is 5.71. The molecule has 2 aliphatic carbocycles. The predicted octanol–water partition coefficient (Wildman–Crippen LogP) is 4.76. The zero-order valence-corrected chi connectivity index (χ0v) is 24.0. The minimum atomic E-state index is -3.89. The smallest absolute Gasteiger partial charge is 0.306 e. The number of sulfonamides is 1. The summed E-state index contributed by atoms with van der Waals surface area (Å²) in [6, 6.07) is 7.12. The quantitative estimate of drug-likeness (QED) is 0.319. The lowest BCUT2D eigenvalue weighted by molar-refractivity contribution is -0.145. The number of thiazole rings is 1. The molecule has 11 heteroatoms. The third-order valence-electron chi connectivity index (χ3n) is 7.97. The van der Waals surface area contributed by atoms with Crippen LogP contribution in [0.1, 0.15) is 74.8 Å². The zero-order chi connectivity index (χ0) is 27.9. The van der Waals surface area contributed by atoms with Crippen LogP contribution in [0, 0.1) is 11.8 Å². The summed E-state index contributed by atoms with van der Waals surface area (Å²) in [4.78, 5) is 34.2. The third-order valence-corrected chi connectivity index (χ3v) is 10.8. The summed E-state index contributed by atoms with van der Waals surface area (Å²) in [5.41, 5.74) is 0.945. The summed E-state index contributed by atoms with van der Waals surface area (Å²) in [6.07, 6.45) is 7.20. The molecule has 5 rings (SSSR count). The highest BCUT2D eigenvalue weighted by Gasteiger charge is 2.36. The topological polar surface area (TPSA) is 138 Å². The van der Waals surface area contributed by atoms with Crippen LogP contribution in [0.2, 0.25) is 0 Å². The molecule has 208 valence electrons. The molecule has 2 aliphatic rings. The van der Waals surface area contributed by atoms with Crippen LogP contribution in [0.25, 0.3) is 21.2 Å². The number of benzene rings is 1.